The van der Waals surface area contributed by atoms with Gasteiger partial charge < -0.3 is 10.1 Å². The predicted octanol–water partition coefficient (Wildman–Crippen LogP) is 8.33. The van der Waals surface area contributed by atoms with E-state index in [1.54, 1.807) is 29.7 Å². The van der Waals surface area contributed by atoms with Crippen LogP contribution in [0.5, 0.6) is 5.75 Å². The third-order valence-electron chi connectivity index (χ3n) is 6.29. The maximum atomic E-state index is 13.3. The zero-order chi connectivity index (χ0) is 27.4. The second-order valence-electron chi connectivity index (χ2n) is 9.00. The van der Waals surface area contributed by atoms with Gasteiger partial charge in [0.25, 0.3) is 11.6 Å². The number of ether oxygens (including phenoxy) is 1. The number of hydrogen-bond donors (Lipinski definition) is 1. The van der Waals surface area contributed by atoms with E-state index in [0.29, 0.717) is 12.2 Å². The van der Waals surface area contributed by atoms with Crippen molar-refractivity contribution in [3.8, 4) is 5.75 Å². The van der Waals surface area contributed by atoms with Gasteiger partial charge in [0, 0.05) is 28.9 Å². The third-order valence-corrected chi connectivity index (χ3v) is 9.10. The highest BCUT2D eigenvalue weighted by Gasteiger charge is 2.25. The number of para-hydroxylation sites is 1. The molecule has 0 spiro atoms. The average Bonchev–Trinajstić information content (AvgIpc) is 3.31. The maximum Gasteiger partial charge on any atom is 0.269 e. The average molecular weight is 763 g/mol. The van der Waals surface area contributed by atoms with Gasteiger partial charge in [-0.15, -0.1) is 11.3 Å². The van der Waals surface area contributed by atoms with E-state index < -0.39 is 4.92 Å². The first-order valence-electron chi connectivity index (χ1n) is 12.3. The van der Waals surface area contributed by atoms with Gasteiger partial charge in [-0.3, -0.25) is 14.9 Å². The topological polar surface area (TPSA) is 93.8 Å². The quantitative estimate of drug-likeness (QED) is 0.0846. The zero-order valence-corrected chi connectivity index (χ0v) is 25.8. The molecule has 1 aliphatic rings. The number of anilines is 1. The fourth-order valence-electron chi connectivity index (χ4n) is 4.39. The van der Waals surface area contributed by atoms with Crippen molar-refractivity contribution in [2.75, 3.05) is 5.32 Å². The van der Waals surface area contributed by atoms with Crippen molar-refractivity contribution in [1.29, 1.82) is 0 Å². The SMILES string of the molecule is O=C(Nc1ccccc1)c1c(N=Cc2cc(I)c(OCc3ccc([N+](=O)[O-])cc3)c(I)c2)sc2c1CCCC2. The summed E-state index contributed by atoms with van der Waals surface area (Å²) < 4.78 is 7.91. The number of carbonyl (C=O) groups excluding carboxylic acids is 1. The Labute approximate surface area is 257 Å². The molecular weight excluding hydrogens is 740 g/mol. The van der Waals surface area contributed by atoms with Gasteiger partial charge >= 0.3 is 0 Å². The summed E-state index contributed by atoms with van der Waals surface area (Å²) in [7, 11) is 0. The number of nitrogens with one attached hydrogen (secondary N) is 1. The minimum atomic E-state index is -0.416. The molecule has 0 radical (unpaired) electrons. The van der Waals surface area contributed by atoms with E-state index in [0.717, 1.165) is 66.0 Å². The summed E-state index contributed by atoms with van der Waals surface area (Å²) in [5, 5.41) is 14.6. The van der Waals surface area contributed by atoms with E-state index >= 15 is 0 Å². The van der Waals surface area contributed by atoms with Gasteiger partial charge in [-0.05, 0) is 124 Å². The van der Waals surface area contributed by atoms with Gasteiger partial charge in [-0.2, -0.15) is 0 Å². The second kappa shape index (κ2) is 12.6. The van der Waals surface area contributed by atoms with E-state index in [4.69, 9.17) is 9.73 Å². The second-order valence-corrected chi connectivity index (χ2v) is 12.4. The lowest BCUT2D eigenvalue weighted by molar-refractivity contribution is -0.384. The molecular formula is C29H23I2N3O4S. The molecule has 5 rings (SSSR count). The Morgan fingerprint density at radius 3 is 2.44 bits per heavy atom. The van der Waals surface area contributed by atoms with Gasteiger partial charge in [0.1, 0.15) is 17.4 Å². The van der Waals surface area contributed by atoms with Crippen LogP contribution in [0.4, 0.5) is 16.4 Å². The van der Waals surface area contributed by atoms with E-state index in [9.17, 15) is 14.9 Å². The molecule has 0 saturated carbocycles. The molecule has 1 amide bonds. The normalized spacial score (nSPS) is 12.8. The number of thiophene rings is 1. The van der Waals surface area contributed by atoms with Crippen LogP contribution in [0.2, 0.25) is 0 Å². The van der Waals surface area contributed by atoms with Gasteiger partial charge in [0.2, 0.25) is 0 Å². The maximum absolute atomic E-state index is 13.3. The van der Waals surface area contributed by atoms with Gasteiger partial charge in [0.15, 0.2) is 0 Å². The molecule has 0 atom stereocenters. The molecule has 198 valence electrons. The van der Waals surface area contributed by atoms with Crippen molar-refractivity contribution < 1.29 is 14.5 Å². The molecule has 3 aromatic carbocycles. The predicted molar refractivity (Wildman–Crippen MR) is 172 cm³/mol. The molecule has 0 bridgehead atoms. The first kappa shape index (κ1) is 27.7. The van der Waals surface area contributed by atoms with Crippen molar-refractivity contribution in [2.24, 2.45) is 4.99 Å². The molecule has 1 heterocycles. The minimum Gasteiger partial charge on any atom is -0.487 e. The van der Waals surface area contributed by atoms with E-state index in [1.165, 1.54) is 17.0 Å². The summed E-state index contributed by atoms with van der Waals surface area (Å²) >= 11 is 6.09. The minimum absolute atomic E-state index is 0.0545. The van der Waals surface area contributed by atoms with Crippen LogP contribution in [0.1, 0.15) is 44.8 Å². The number of aliphatic imine (C=N–C) groups is 1. The lowest BCUT2D eigenvalue weighted by atomic mass is 9.95. The monoisotopic (exact) mass is 763 g/mol. The van der Waals surface area contributed by atoms with Crippen molar-refractivity contribution in [1.82, 2.24) is 0 Å². The summed E-state index contributed by atoms with van der Waals surface area (Å²) in [5.41, 5.74) is 4.39. The summed E-state index contributed by atoms with van der Waals surface area (Å²) in [5.74, 6) is 0.633. The van der Waals surface area contributed by atoms with Gasteiger partial charge in [0.05, 0.1) is 17.6 Å². The Morgan fingerprint density at radius 2 is 1.74 bits per heavy atom. The Bertz CT molecular complexity index is 1530. The molecule has 1 N–H and O–H groups in total. The molecule has 1 aliphatic carbocycles. The number of rotatable bonds is 8. The number of amides is 1. The first-order valence-corrected chi connectivity index (χ1v) is 15.3. The number of nitro benzene ring substituents is 1. The smallest absolute Gasteiger partial charge is 0.269 e. The molecule has 7 nitrogen and oxygen atoms in total. The van der Waals surface area contributed by atoms with Gasteiger partial charge in [-0.1, -0.05) is 18.2 Å². The first-order chi connectivity index (χ1) is 18.9. The number of hydrogen-bond acceptors (Lipinski definition) is 6. The van der Waals surface area contributed by atoms with Crippen LogP contribution in [0.15, 0.2) is 71.7 Å². The Balaban J connectivity index is 1.35. The van der Waals surface area contributed by atoms with Crippen LogP contribution >= 0.6 is 56.5 Å². The summed E-state index contributed by atoms with van der Waals surface area (Å²) in [4.78, 5) is 29.9. The van der Waals surface area contributed by atoms with E-state index in [1.807, 2.05) is 42.5 Å². The zero-order valence-electron chi connectivity index (χ0n) is 20.7. The number of carbonyl (C=O) groups is 1. The largest absolute Gasteiger partial charge is 0.487 e. The fourth-order valence-corrected chi connectivity index (χ4v) is 7.74. The highest BCUT2D eigenvalue weighted by molar-refractivity contribution is 14.1. The van der Waals surface area contributed by atoms with Crippen molar-refractivity contribution in [3.63, 3.8) is 0 Å². The fraction of sp³-hybridized carbons (Fsp3) is 0.172. The molecule has 0 unspecified atom stereocenters. The lowest BCUT2D eigenvalue weighted by Crippen LogP contribution is -2.14. The summed E-state index contributed by atoms with van der Waals surface area (Å²) in [6, 6.07) is 19.8. The summed E-state index contributed by atoms with van der Waals surface area (Å²) in [6.07, 6.45) is 5.90. The number of nitrogens with zero attached hydrogens (tertiary/aromatic N) is 2. The van der Waals surface area contributed by atoms with Crippen molar-refractivity contribution >= 4 is 85.0 Å². The number of fused-ring (bicyclic) bond motifs is 1. The van der Waals surface area contributed by atoms with Crippen molar-refractivity contribution in [3.05, 3.63) is 111 Å². The number of aryl methyl sites for hydroxylation is 1. The molecule has 10 heteroatoms. The number of non-ortho nitro benzene ring substituents is 1. The van der Waals surface area contributed by atoms with Crippen LogP contribution in [-0.4, -0.2) is 17.0 Å². The summed E-state index contributed by atoms with van der Waals surface area (Å²) in [6.45, 7) is 0.304. The molecule has 1 aromatic heterocycles. The highest BCUT2D eigenvalue weighted by atomic mass is 127. The molecule has 4 aromatic rings. The molecule has 39 heavy (non-hydrogen) atoms. The van der Waals surface area contributed by atoms with Gasteiger partial charge in [-0.25, -0.2) is 4.99 Å². The number of halogens is 2. The number of benzene rings is 3. The third kappa shape index (κ3) is 6.67. The van der Waals surface area contributed by atoms with Crippen LogP contribution in [0.25, 0.3) is 0 Å². The van der Waals surface area contributed by atoms with Crippen LogP contribution in [0, 0.1) is 17.3 Å². The number of nitro groups is 1. The van der Waals surface area contributed by atoms with Crippen LogP contribution < -0.4 is 10.1 Å². The van der Waals surface area contributed by atoms with Crippen molar-refractivity contribution in [2.45, 2.75) is 32.3 Å². The van der Waals surface area contributed by atoms with E-state index in [2.05, 4.69) is 50.5 Å². The van der Waals surface area contributed by atoms with Crippen LogP contribution in [0.3, 0.4) is 0 Å². The molecule has 0 aliphatic heterocycles. The Hall–Kier alpha value is -2.84. The Kier molecular flexibility index (Phi) is 8.92. The standard InChI is InChI=1S/C29H23I2N3O4S/c30-23-14-19(15-24(31)27(23)38-17-18-10-12-21(13-11-18)34(36)37)16-32-29-26(22-8-4-5-9-25(22)39-29)28(35)33-20-6-2-1-3-7-20/h1-3,6-7,10-16H,4-5,8-9,17H2,(H,33,35). The Morgan fingerprint density at radius 1 is 1.05 bits per heavy atom. The van der Waals surface area contributed by atoms with Crippen LogP contribution in [-0.2, 0) is 19.4 Å². The highest BCUT2D eigenvalue weighted by Crippen LogP contribution is 2.40. The lowest BCUT2D eigenvalue weighted by Gasteiger charge is -2.13. The molecule has 0 saturated heterocycles. The van der Waals surface area contributed by atoms with E-state index in [-0.39, 0.29) is 11.6 Å². The molecule has 0 fully saturated rings.